The molecule has 0 aliphatic heterocycles. The summed E-state index contributed by atoms with van der Waals surface area (Å²) in [6.07, 6.45) is -9.98. The highest BCUT2D eigenvalue weighted by molar-refractivity contribution is 9.07. The fraction of sp³-hybridized carbons (Fsp3) is 0.462. The maximum Gasteiger partial charge on any atom is 0.416 e. The van der Waals surface area contributed by atoms with Gasteiger partial charge in [0.1, 0.15) is 0 Å². The van der Waals surface area contributed by atoms with E-state index in [4.69, 9.17) is 0 Å². The molecule has 0 unspecified atom stereocenters. The van der Waals surface area contributed by atoms with Crippen LogP contribution in [0.15, 0.2) is 18.2 Å². The van der Waals surface area contributed by atoms with E-state index in [9.17, 15) is 31.1 Å². The van der Waals surface area contributed by atoms with Gasteiger partial charge in [0.05, 0.1) is 27.3 Å². The molecule has 1 amide bonds. The molecule has 0 N–H and O–H groups in total. The molecule has 0 spiro atoms. The molecule has 0 saturated carbocycles. The molecule has 2 nitrogen and oxygen atoms in total. The monoisotopic (exact) mass is 391 g/mol. The highest BCUT2D eigenvalue weighted by Crippen LogP contribution is 2.37. The third kappa shape index (κ3) is 4.37. The first kappa shape index (κ1) is 18.8. The van der Waals surface area contributed by atoms with E-state index in [1.54, 1.807) is 20.8 Å². The van der Waals surface area contributed by atoms with Crippen LogP contribution >= 0.6 is 16.1 Å². The van der Waals surface area contributed by atoms with Crippen molar-refractivity contribution in [2.45, 2.75) is 38.7 Å². The van der Waals surface area contributed by atoms with Crippen LogP contribution in [0, 0.1) is 0 Å². The zero-order chi connectivity index (χ0) is 17.5. The van der Waals surface area contributed by atoms with Crippen LogP contribution in [0.3, 0.4) is 0 Å². The van der Waals surface area contributed by atoms with Crippen molar-refractivity contribution in [1.82, 2.24) is 3.93 Å². The Morgan fingerprint density at radius 1 is 0.909 bits per heavy atom. The molecular formula is C13H12BrF6NO. The summed E-state index contributed by atoms with van der Waals surface area (Å²) in [5.41, 5.74) is -4.58. The van der Waals surface area contributed by atoms with Crippen LogP contribution in [0.2, 0.25) is 0 Å². The number of hydrogen-bond acceptors (Lipinski definition) is 1. The first-order valence-corrected chi connectivity index (χ1v) is 6.65. The zero-order valence-corrected chi connectivity index (χ0v) is 13.3. The molecule has 0 saturated heterocycles. The lowest BCUT2D eigenvalue weighted by Crippen LogP contribution is -2.38. The number of benzene rings is 1. The van der Waals surface area contributed by atoms with Crippen LogP contribution in [0.25, 0.3) is 0 Å². The predicted molar refractivity (Wildman–Crippen MR) is 71.3 cm³/mol. The summed E-state index contributed by atoms with van der Waals surface area (Å²) in [4.78, 5) is 12.1. The van der Waals surface area contributed by atoms with Crippen LogP contribution in [0.1, 0.15) is 42.3 Å². The van der Waals surface area contributed by atoms with Crippen molar-refractivity contribution in [1.29, 1.82) is 0 Å². The fourth-order valence-corrected chi connectivity index (χ4v) is 1.70. The molecule has 0 heterocycles. The van der Waals surface area contributed by atoms with Gasteiger partial charge < -0.3 is 0 Å². The Bertz CT molecular complexity index is 541. The Morgan fingerprint density at radius 3 is 1.55 bits per heavy atom. The van der Waals surface area contributed by atoms with E-state index < -0.39 is 40.5 Å². The molecule has 1 aromatic carbocycles. The minimum Gasteiger partial charge on any atom is -0.269 e. The molecule has 22 heavy (non-hydrogen) atoms. The number of rotatable bonds is 1. The van der Waals surface area contributed by atoms with Gasteiger partial charge in [-0.1, -0.05) is 0 Å². The molecule has 1 aromatic rings. The van der Waals surface area contributed by atoms with Gasteiger partial charge in [0, 0.05) is 11.1 Å². The van der Waals surface area contributed by atoms with Crippen molar-refractivity contribution in [3.8, 4) is 0 Å². The summed E-state index contributed by atoms with van der Waals surface area (Å²) in [6.45, 7) is 4.70. The Morgan fingerprint density at radius 2 is 1.27 bits per heavy atom. The largest absolute Gasteiger partial charge is 0.416 e. The van der Waals surface area contributed by atoms with E-state index in [0.29, 0.717) is 12.1 Å². The number of hydrogen-bond donors (Lipinski definition) is 0. The highest BCUT2D eigenvalue weighted by atomic mass is 79.9. The van der Waals surface area contributed by atoms with Gasteiger partial charge in [0.25, 0.3) is 5.91 Å². The van der Waals surface area contributed by atoms with Gasteiger partial charge in [-0.3, -0.25) is 8.72 Å². The van der Waals surface area contributed by atoms with E-state index in [-0.39, 0.29) is 6.07 Å². The molecule has 0 fully saturated rings. The Kier molecular flexibility index (Phi) is 4.91. The molecule has 0 atom stereocenters. The molecule has 9 heteroatoms. The minimum absolute atomic E-state index is 0.0214. The third-order valence-electron chi connectivity index (χ3n) is 2.60. The third-order valence-corrected chi connectivity index (χ3v) is 3.99. The maximum absolute atomic E-state index is 12.7. The maximum atomic E-state index is 12.7. The van der Waals surface area contributed by atoms with Crippen molar-refractivity contribution in [2.24, 2.45) is 0 Å². The van der Waals surface area contributed by atoms with E-state index in [1.165, 1.54) is 0 Å². The zero-order valence-electron chi connectivity index (χ0n) is 11.7. The van der Waals surface area contributed by atoms with E-state index in [0.717, 1.165) is 3.93 Å². The lowest BCUT2D eigenvalue weighted by atomic mass is 10.0. The second kappa shape index (κ2) is 5.75. The van der Waals surface area contributed by atoms with Gasteiger partial charge in [0.2, 0.25) is 0 Å². The molecule has 0 aliphatic carbocycles. The number of halogens is 7. The SMILES string of the molecule is CC(C)(C)N(Br)C(=O)c1cc(C(F)(F)F)cc(C(F)(F)F)c1. The quantitative estimate of drug-likeness (QED) is 0.471. The predicted octanol–water partition coefficient (Wildman–Crippen LogP) is 5.27. The number of carbonyl (C=O) groups is 1. The van der Waals surface area contributed by atoms with Crippen molar-refractivity contribution in [3.63, 3.8) is 0 Å². The molecule has 1 rings (SSSR count). The lowest BCUT2D eigenvalue weighted by molar-refractivity contribution is -0.143. The van der Waals surface area contributed by atoms with Crippen LogP contribution in [-0.2, 0) is 12.4 Å². The van der Waals surface area contributed by atoms with E-state index >= 15 is 0 Å². The molecule has 0 aliphatic rings. The second-order valence-corrected chi connectivity index (χ2v) is 6.26. The van der Waals surface area contributed by atoms with Crippen LogP contribution in [0.5, 0.6) is 0 Å². The van der Waals surface area contributed by atoms with Crippen LogP contribution in [-0.4, -0.2) is 15.4 Å². The van der Waals surface area contributed by atoms with Gasteiger partial charge in [-0.05, 0) is 39.0 Å². The topological polar surface area (TPSA) is 20.3 Å². The van der Waals surface area contributed by atoms with Crippen molar-refractivity contribution in [2.75, 3.05) is 0 Å². The minimum atomic E-state index is -4.99. The summed E-state index contributed by atoms with van der Waals surface area (Å²) in [6, 6.07) is 0.779. The summed E-state index contributed by atoms with van der Waals surface area (Å²) < 4.78 is 77.3. The molecular weight excluding hydrogens is 380 g/mol. The van der Waals surface area contributed by atoms with Crippen LogP contribution < -0.4 is 0 Å². The normalized spacial score (nSPS) is 13.2. The van der Waals surface area contributed by atoms with Gasteiger partial charge in [-0.2, -0.15) is 26.3 Å². The highest BCUT2D eigenvalue weighted by Gasteiger charge is 2.38. The summed E-state index contributed by atoms with van der Waals surface area (Å²) in [7, 11) is 0. The lowest BCUT2D eigenvalue weighted by Gasteiger charge is -2.29. The average molecular weight is 392 g/mol. The van der Waals surface area contributed by atoms with Gasteiger partial charge >= 0.3 is 12.4 Å². The smallest absolute Gasteiger partial charge is 0.269 e. The van der Waals surface area contributed by atoms with E-state index in [1.807, 2.05) is 0 Å². The molecule has 0 bridgehead atoms. The first-order chi connectivity index (χ1) is 9.64. The van der Waals surface area contributed by atoms with Gasteiger partial charge in [-0.15, -0.1) is 0 Å². The number of alkyl halides is 6. The Balaban J connectivity index is 3.46. The van der Waals surface area contributed by atoms with Gasteiger partial charge in [-0.25, -0.2) is 0 Å². The first-order valence-electron chi connectivity index (χ1n) is 5.94. The molecule has 124 valence electrons. The van der Waals surface area contributed by atoms with Crippen LogP contribution in [0.4, 0.5) is 26.3 Å². The molecule has 0 aromatic heterocycles. The Hall–Kier alpha value is -1.25. The van der Waals surface area contributed by atoms with E-state index in [2.05, 4.69) is 16.1 Å². The fourth-order valence-electron chi connectivity index (χ4n) is 1.50. The van der Waals surface area contributed by atoms with Crippen molar-refractivity contribution >= 4 is 22.1 Å². The average Bonchev–Trinajstić information content (AvgIpc) is 2.33. The number of carbonyl (C=O) groups excluding carboxylic acids is 1. The van der Waals surface area contributed by atoms with Crippen molar-refractivity contribution < 1.29 is 31.1 Å². The Labute approximate surface area is 131 Å². The number of nitrogens with zero attached hydrogens (tertiary/aromatic N) is 1. The number of amides is 1. The standard InChI is InChI=1S/C13H12BrF6NO/c1-11(2,3)21(14)10(22)7-4-8(12(15,16)17)6-9(5-7)13(18,19)20/h4-6H,1-3H3. The molecule has 0 radical (unpaired) electrons. The second-order valence-electron chi connectivity index (χ2n) is 5.55. The summed E-state index contributed by atoms with van der Waals surface area (Å²) in [5, 5.41) is 0. The van der Waals surface area contributed by atoms with Crippen molar-refractivity contribution in [3.05, 3.63) is 34.9 Å². The summed E-state index contributed by atoms with van der Waals surface area (Å²) in [5.74, 6) is -0.996. The van der Waals surface area contributed by atoms with Gasteiger partial charge in [0.15, 0.2) is 0 Å². The summed E-state index contributed by atoms with van der Waals surface area (Å²) >= 11 is 2.87.